The first-order valence-corrected chi connectivity index (χ1v) is 11.6. The van der Waals surface area contributed by atoms with E-state index in [0.717, 1.165) is 18.2 Å². The Hall–Kier alpha value is -4.10. The lowest BCUT2D eigenvalue weighted by molar-refractivity contribution is -0.173. The van der Waals surface area contributed by atoms with Crippen LogP contribution in [-0.4, -0.2) is 40.6 Å². The Morgan fingerprint density at radius 1 is 0.949 bits per heavy atom. The number of anilines is 2. The van der Waals surface area contributed by atoms with Crippen LogP contribution in [0.25, 0.3) is 5.69 Å². The van der Waals surface area contributed by atoms with Crippen molar-refractivity contribution in [1.82, 2.24) is 15.1 Å². The van der Waals surface area contributed by atoms with Crippen molar-refractivity contribution in [3.05, 3.63) is 71.4 Å². The van der Waals surface area contributed by atoms with E-state index in [1.807, 2.05) is 0 Å². The molecule has 0 aliphatic rings. The van der Waals surface area contributed by atoms with Gasteiger partial charge in [-0.2, -0.15) is 31.4 Å². The molecule has 0 radical (unpaired) electrons. The highest BCUT2D eigenvalue weighted by atomic mass is 19.4. The van der Waals surface area contributed by atoms with E-state index in [1.165, 1.54) is 23.7 Å². The molecule has 1 aromatic heterocycles. The zero-order chi connectivity index (χ0) is 28.8. The number of halogens is 7. The van der Waals surface area contributed by atoms with Crippen LogP contribution in [-0.2, 0) is 23.8 Å². The average Bonchev–Trinajstić information content (AvgIpc) is 3.24. The van der Waals surface area contributed by atoms with Crippen LogP contribution >= 0.6 is 0 Å². The summed E-state index contributed by atoms with van der Waals surface area (Å²) in [4.78, 5) is 23.6. The third-order valence-electron chi connectivity index (χ3n) is 5.36. The van der Waals surface area contributed by atoms with E-state index in [4.69, 9.17) is 0 Å². The van der Waals surface area contributed by atoms with E-state index < -0.39 is 36.0 Å². The van der Waals surface area contributed by atoms with Crippen LogP contribution in [0.5, 0.6) is 0 Å². The van der Waals surface area contributed by atoms with Crippen LogP contribution in [0, 0.1) is 0 Å². The monoisotopic (exact) mass is 559 g/mol. The molecule has 0 aliphatic heterocycles. The minimum absolute atomic E-state index is 0.0575. The summed E-state index contributed by atoms with van der Waals surface area (Å²) >= 11 is 0. The quantitative estimate of drug-likeness (QED) is 0.279. The second-order valence-corrected chi connectivity index (χ2v) is 8.58. The molecular weight excluding hydrogens is 535 g/mol. The largest absolute Gasteiger partial charge is 0.471 e. The molecule has 0 bridgehead atoms. The topological polar surface area (TPSA) is 88.0 Å². The number of amides is 3. The van der Waals surface area contributed by atoms with Crippen molar-refractivity contribution in [1.29, 1.82) is 0 Å². The fraction of sp³-hybridized carbons (Fsp3) is 0.320. The maximum absolute atomic E-state index is 13.4. The molecule has 0 saturated carbocycles. The summed E-state index contributed by atoms with van der Waals surface area (Å²) < 4.78 is 90.9. The molecule has 2 aromatic carbocycles. The van der Waals surface area contributed by atoms with Crippen LogP contribution in [0.15, 0.2) is 54.6 Å². The number of nitrogens with one attached hydrogen (secondary N) is 3. The summed E-state index contributed by atoms with van der Waals surface area (Å²) in [5.74, 6) is -1.95. The van der Waals surface area contributed by atoms with Crippen LogP contribution in [0.2, 0.25) is 0 Å². The normalized spacial score (nSPS) is 12.6. The lowest BCUT2D eigenvalue weighted by Crippen LogP contribution is -2.37. The Labute approximate surface area is 218 Å². The predicted molar refractivity (Wildman–Crippen MR) is 129 cm³/mol. The van der Waals surface area contributed by atoms with Gasteiger partial charge < -0.3 is 10.6 Å². The van der Waals surface area contributed by atoms with Crippen molar-refractivity contribution in [3.63, 3.8) is 0 Å². The molecule has 3 amide bonds. The van der Waals surface area contributed by atoms with Crippen molar-refractivity contribution in [3.8, 4) is 5.69 Å². The number of rotatable bonds is 9. The average molecular weight is 559 g/mol. The van der Waals surface area contributed by atoms with E-state index in [2.05, 4.69) is 15.7 Å². The summed E-state index contributed by atoms with van der Waals surface area (Å²) in [6, 6.07) is 11.0. The molecule has 0 saturated heterocycles. The second kappa shape index (κ2) is 12.2. The number of benzene rings is 2. The molecular formula is C25H24F7N5O2. The van der Waals surface area contributed by atoms with Gasteiger partial charge in [-0.3, -0.25) is 10.1 Å². The number of alkyl halides is 7. The predicted octanol–water partition coefficient (Wildman–Crippen LogP) is 6.05. The number of hydrogen-bond acceptors (Lipinski definition) is 3. The minimum Gasteiger partial charge on any atom is -0.348 e. The number of carbonyl (C=O) groups is 2. The number of hydrogen-bond donors (Lipinski definition) is 3. The van der Waals surface area contributed by atoms with Crippen LogP contribution < -0.4 is 16.0 Å². The van der Waals surface area contributed by atoms with Gasteiger partial charge in [-0.05, 0) is 62.1 Å². The highest BCUT2D eigenvalue weighted by Gasteiger charge is 2.38. The molecule has 1 atom stereocenters. The van der Waals surface area contributed by atoms with Gasteiger partial charge in [0.15, 0.2) is 0 Å². The van der Waals surface area contributed by atoms with E-state index in [1.54, 1.807) is 29.6 Å². The van der Waals surface area contributed by atoms with Crippen molar-refractivity contribution in [2.75, 3.05) is 17.2 Å². The zero-order valence-corrected chi connectivity index (χ0v) is 20.5. The van der Waals surface area contributed by atoms with Gasteiger partial charge in [-0.1, -0.05) is 18.2 Å². The van der Waals surface area contributed by atoms with Crippen LogP contribution in [0.4, 0.5) is 47.0 Å². The van der Waals surface area contributed by atoms with Gasteiger partial charge in [-0.25, -0.2) is 13.9 Å². The number of aromatic nitrogens is 2. The Bertz CT molecular complexity index is 1300. The number of aryl methyl sites for hydroxylation is 1. The van der Waals surface area contributed by atoms with Crippen molar-refractivity contribution in [2.45, 2.75) is 44.7 Å². The molecule has 7 nitrogen and oxygen atoms in total. The lowest BCUT2D eigenvalue weighted by Gasteiger charge is -2.13. The third kappa shape index (κ3) is 8.72. The molecule has 3 N–H and O–H groups in total. The minimum atomic E-state index is -5.00. The Morgan fingerprint density at radius 2 is 1.67 bits per heavy atom. The van der Waals surface area contributed by atoms with E-state index in [9.17, 15) is 40.3 Å². The van der Waals surface area contributed by atoms with Gasteiger partial charge in [0.05, 0.1) is 23.1 Å². The number of carbonyl (C=O) groups excluding carboxylic acids is 2. The fourth-order valence-electron chi connectivity index (χ4n) is 3.50. The molecule has 14 heteroatoms. The summed E-state index contributed by atoms with van der Waals surface area (Å²) in [5, 5.41) is 11.0. The maximum Gasteiger partial charge on any atom is 0.471 e. The van der Waals surface area contributed by atoms with Gasteiger partial charge in [0.1, 0.15) is 5.82 Å². The number of urea groups is 1. The Balaban J connectivity index is 1.80. The second-order valence-electron chi connectivity index (χ2n) is 8.58. The maximum atomic E-state index is 13.4. The van der Waals surface area contributed by atoms with Crippen molar-refractivity contribution < 1.29 is 40.3 Å². The number of nitrogens with zero attached hydrogens (tertiary/aromatic N) is 2. The zero-order valence-electron chi connectivity index (χ0n) is 20.5. The smallest absolute Gasteiger partial charge is 0.348 e. The first kappa shape index (κ1) is 29.5. The molecule has 1 heterocycles. The Kier molecular flexibility index (Phi) is 9.20. The highest BCUT2D eigenvalue weighted by Crippen LogP contribution is 2.30. The summed E-state index contributed by atoms with van der Waals surface area (Å²) in [6.07, 6.45) is -10.3. The summed E-state index contributed by atoms with van der Waals surface area (Å²) in [6.45, 7) is 1.09. The lowest BCUT2D eigenvalue weighted by atomic mass is 10.1. The first-order valence-electron chi connectivity index (χ1n) is 11.6. The van der Waals surface area contributed by atoms with E-state index in [-0.39, 0.29) is 37.3 Å². The fourth-order valence-corrected chi connectivity index (χ4v) is 3.50. The standard InChI is InChI=1S/C25H24F7N5O2/c1-15(26)8-9-19-14-21(35-23(39)34-18-6-3-5-17(13-18)24(27,28)29)37(36-19)20-7-2-4-16(12-20)10-11-33-22(38)25(30,31)32/h2-7,12-15H,8-11H2,1H3,(H,33,38)(H2,34,35,39). The Morgan fingerprint density at radius 3 is 2.33 bits per heavy atom. The van der Waals surface area contributed by atoms with Gasteiger partial charge in [0.2, 0.25) is 0 Å². The van der Waals surface area contributed by atoms with E-state index >= 15 is 0 Å². The molecule has 1 unspecified atom stereocenters. The van der Waals surface area contributed by atoms with E-state index in [0.29, 0.717) is 16.9 Å². The van der Waals surface area contributed by atoms with Gasteiger partial charge in [0.25, 0.3) is 0 Å². The third-order valence-corrected chi connectivity index (χ3v) is 5.36. The molecule has 39 heavy (non-hydrogen) atoms. The molecule has 3 rings (SSSR count). The molecule has 0 spiro atoms. The molecule has 0 aliphatic carbocycles. The van der Waals surface area contributed by atoms with Crippen molar-refractivity contribution in [2.24, 2.45) is 0 Å². The summed E-state index contributed by atoms with van der Waals surface area (Å²) in [7, 11) is 0. The highest BCUT2D eigenvalue weighted by molar-refractivity contribution is 5.99. The van der Waals surface area contributed by atoms with Crippen LogP contribution in [0.3, 0.4) is 0 Å². The van der Waals surface area contributed by atoms with Crippen LogP contribution in [0.1, 0.15) is 30.2 Å². The summed E-state index contributed by atoms with van der Waals surface area (Å²) in [5.41, 5.74) is 0.294. The SMILES string of the molecule is CC(F)CCc1cc(NC(=O)Nc2cccc(C(F)(F)F)c2)n(-c2cccc(CCNC(=O)C(F)(F)F)c2)n1. The van der Waals surface area contributed by atoms with Crippen molar-refractivity contribution >= 4 is 23.4 Å². The molecule has 210 valence electrons. The van der Waals surface area contributed by atoms with Gasteiger partial charge in [0, 0.05) is 18.3 Å². The van der Waals surface area contributed by atoms with Gasteiger partial charge in [-0.15, -0.1) is 0 Å². The first-order chi connectivity index (χ1) is 18.2. The van der Waals surface area contributed by atoms with Gasteiger partial charge >= 0.3 is 24.3 Å². The molecule has 0 fully saturated rings. The molecule has 3 aromatic rings.